The van der Waals surface area contributed by atoms with Crippen molar-refractivity contribution in [2.45, 2.75) is 31.6 Å². The Morgan fingerprint density at radius 1 is 1.42 bits per heavy atom. The molecule has 0 amide bonds. The van der Waals surface area contributed by atoms with E-state index in [1.165, 1.54) is 25.7 Å². The minimum atomic E-state index is 0.374. The van der Waals surface area contributed by atoms with Crippen molar-refractivity contribution in [1.82, 2.24) is 14.8 Å². The number of nitrogens with zero attached hydrogens (tertiary/aromatic N) is 3. The minimum absolute atomic E-state index is 0.374. The summed E-state index contributed by atoms with van der Waals surface area (Å²) in [7, 11) is 1.91. The van der Waals surface area contributed by atoms with Gasteiger partial charge in [0.2, 0.25) is 5.28 Å². The van der Waals surface area contributed by atoms with Crippen LogP contribution in [0.15, 0.2) is 0 Å². The first-order valence-electron chi connectivity index (χ1n) is 4.34. The Balaban J connectivity index is 2.25. The molecule has 0 unspecified atom stereocenters. The van der Waals surface area contributed by atoms with Crippen LogP contribution in [0.4, 0.5) is 0 Å². The van der Waals surface area contributed by atoms with Crippen molar-refractivity contribution in [3.05, 3.63) is 11.1 Å². The van der Waals surface area contributed by atoms with Crippen LogP contribution in [0, 0.1) is 0 Å². The second kappa shape index (κ2) is 3.05. The Labute approximate surface area is 76.7 Å². The zero-order chi connectivity index (χ0) is 8.55. The summed E-state index contributed by atoms with van der Waals surface area (Å²) in [5, 5.41) is 4.40. The zero-order valence-electron chi connectivity index (χ0n) is 7.13. The van der Waals surface area contributed by atoms with Gasteiger partial charge in [0.15, 0.2) is 0 Å². The maximum Gasteiger partial charge on any atom is 0.242 e. The van der Waals surface area contributed by atoms with Crippen LogP contribution in [0.1, 0.15) is 37.4 Å². The molecule has 0 spiro atoms. The first-order valence-corrected chi connectivity index (χ1v) is 4.71. The van der Waals surface area contributed by atoms with Gasteiger partial charge < -0.3 is 0 Å². The molecule has 0 aliphatic heterocycles. The minimum Gasteiger partial charge on any atom is -0.251 e. The van der Waals surface area contributed by atoms with Crippen LogP contribution < -0.4 is 0 Å². The maximum absolute atomic E-state index is 5.70. The Bertz CT molecular complexity index is 276. The lowest BCUT2D eigenvalue weighted by molar-refractivity contribution is 0.601. The Morgan fingerprint density at radius 2 is 2.08 bits per heavy atom. The lowest BCUT2D eigenvalue weighted by Crippen LogP contribution is -2.03. The highest BCUT2D eigenvalue weighted by atomic mass is 35.5. The van der Waals surface area contributed by atoms with Crippen LogP contribution in [0.3, 0.4) is 0 Å². The van der Waals surface area contributed by atoms with Gasteiger partial charge in [0.05, 0.1) is 0 Å². The molecular weight excluding hydrogens is 174 g/mol. The average molecular weight is 186 g/mol. The molecule has 12 heavy (non-hydrogen) atoms. The van der Waals surface area contributed by atoms with Crippen molar-refractivity contribution < 1.29 is 0 Å². The van der Waals surface area contributed by atoms with Gasteiger partial charge >= 0.3 is 0 Å². The van der Waals surface area contributed by atoms with Crippen LogP contribution in [-0.4, -0.2) is 14.8 Å². The number of hydrogen-bond donors (Lipinski definition) is 0. The van der Waals surface area contributed by atoms with Gasteiger partial charge in [0.1, 0.15) is 5.82 Å². The summed E-state index contributed by atoms with van der Waals surface area (Å²) in [6.45, 7) is 0. The van der Waals surface area contributed by atoms with Gasteiger partial charge in [0, 0.05) is 13.0 Å². The Hall–Kier alpha value is -0.570. The van der Waals surface area contributed by atoms with Gasteiger partial charge in [0.25, 0.3) is 0 Å². The van der Waals surface area contributed by atoms with Gasteiger partial charge in [-0.3, -0.25) is 4.68 Å². The van der Waals surface area contributed by atoms with E-state index in [-0.39, 0.29) is 0 Å². The molecule has 0 atom stereocenters. The fraction of sp³-hybridized carbons (Fsp3) is 0.750. The summed E-state index contributed by atoms with van der Waals surface area (Å²) in [6, 6.07) is 0. The first-order chi connectivity index (χ1) is 5.77. The first kappa shape index (κ1) is 8.05. The quantitative estimate of drug-likeness (QED) is 0.671. The second-order valence-corrected chi connectivity index (χ2v) is 3.68. The second-order valence-electron chi connectivity index (χ2n) is 3.34. The molecule has 1 aliphatic rings. The zero-order valence-corrected chi connectivity index (χ0v) is 7.88. The molecule has 1 aromatic heterocycles. The van der Waals surface area contributed by atoms with Gasteiger partial charge in [-0.2, -0.15) is 0 Å². The van der Waals surface area contributed by atoms with E-state index in [9.17, 15) is 0 Å². The van der Waals surface area contributed by atoms with Gasteiger partial charge in [-0.1, -0.05) is 12.8 Å². The third-order valence-electron chi connectivity index (χ3n) is 2.49. The van der Waals surface area contributed by atoms with E-state index < -0.39 is 0 Å². The summed E-state index contributed by atoms with van der Waals surface area (Å²) in [4.78, 5) is 4.21. The molecule has 1 heterocycles. The third-order valence-corrected chi connectivity index (χ3v) is 2.65. The standard InChI is InChI=1S/C8H12ClN3/c1-12-7(10-8(9)11-12)6-4-2-3-5-6/h6H,2-5H2,1H3. The lowest BCUT2D eigenvalue weighted by Gasteiger charge is -2.05. The van der Waals surface area contributed by atoms with Crippen LogP contribution >= 0.6 is 11.6 Å². The van der Waals surface area contributed by atoms with E-state index in [1.807, 2.05) is 7.05 Å². The highest BCUT2D eigenvalue weighted by molar-refractivity contribution is 6.28. The van der Waals surface area contributed by atoms with E-state index in [2.05, 4.69) is 10.1 Å². The van der Waals surface area contributed by atoms with E-state index in [0.29, 0.717) is 11.2 Å². The Morgan fingerprint density at radius 3 is 2.58 bits per heavy atom. The van der Waals surface area contributed by atoms with Crippen LogP contribution in [0.2, 0.25) is 5.28 Å². The molecule has 0 radical (unpaired) electrons. The molecule has 0 saturated heterocycles. The van der Waals surface area contributed by atoms with Crippen LogP contribution in [0.5, 0.6) is 0 Å². The van der Waals surface area contributed by atoms with E-state index in [1.54, 1.807) is 4.68 Å². The van der Waals surface area contributed by atoms with E-state index in [4.69, 9.17) is 11.6 Å². The normalized spacial score (nSPS) is 18.8. The topological polar surface area (TPSA) is 30.7 Å². The predicted octanol–water partition coefficient (Wildman–Crippen LogP) is 2.13. The highest BCUT2D eigenvalue weighted by Crippen LogP contribution is 2.32. The number of rotatable bonds is 1. The molecule has 2 rings (SSSR count). The molecule has 0 bridgehead atoms. The SMILES string of the molecule is Cn1nc(Cl)nc1C1CCCC1. The molecule has 1 saturated carbocycles. The molecule has 0 aromatic carbocycles. The summed E-state index contributed by atoms with van der Waals surface area (Å²) in [5.74, 6) is 1.65. The molecular formula is C8H12ClN3. The molecule has 1 aromatic rings. The van der Waals surface area contributed by atoms with Gasteiger partial charge in [-0.25, -0.2) is 4.98 Å². The number of halogens is 1. The van der Waals surface area contributed by atoms with Gasteiger partial charge in [-0.15, -0.1) is 5.10 Å². The molecule has 0 N–H and O–H groups in total. The maximum atomic E-state index is 5.70. The van der Waals surface area contributed by atoms with Crippen molar-refractivity contribution in [1.29, 1.82) is 0 Å². The van der Waals surface area contributed by atoms with Crippen LogP contribution in [-0.2, 0) is 7.05 Å². The smallest absolute Gasteiger partial charge is 0.242 e. The van der Waals surface area contributed by atoms with Crippen molar-refractivity contribution in [2.24, 2.45) is 7.05 Å². The molecule has 66 valence electrons. The van der Waals surface area contributed by atoms with Crippen LogP contribution in [0.25, 0.3) is 0 Å². The largest absolute Gasteiger partial charge is 0.251 e. The fourth-order valence-electron chi connectivity index (χ4n) is 1.90. The number of hydrogen-bond acceptors (Lipinski definition) is 2. The summed E-state index contributed by atoms with van der Waals surface area (Å²) in [5.41, 5.74) is 0. The van der Waals surface area contributed by atoms with E-state index >= 15 is 0 Å². The molecule has 4 heteroatoms. The van der Waals surface area contributed by atoms with Crippen molar-refractivity contribution in [2.75, 3.05) is 0 Å². The highest BCUT2D eigenvalue weighted by Gasteiger charge is 2.21. The average Bonchev–Trinajstić information content (AvgIpc) is 2.58. The lowest BCUT2D eigenvalue weighted by atomic mass is 10.1. The van der Waals surface area contributed by atoms with Crippen molar-refractivity contribution >= 4 is 11.6 Å². The summed E-state index contributed by atoms with van der Waals surface area (Å²) < 4.78 is 1.80. The summed E-state index contributed by atoms with van der Waals surface area (Å²) in [6.07, 6.45) is 5.11. The number of aromatic nitrogens is 3. The summed E-state index contributed by atoms with van der Waals surface area (Å²) >= 11 is 5.70. The Kier molecular flexibility index (Phi) is 2.05. The molecule has 1 aliphatic carbocycles. The van der Waals surface area contributed by atoms with E-state index in [0.717, 1.165) is 5.82 Å². The third kappa shape index (κ3) is 1.33. The molecule has 1 fully saturated rings. The monoisotopic (exact) mass is 185 g/mol. The van der Waals surface area contributed by atoms with Gasteiger partial charge in [-0.05, 0) is 24.4 Å². The fourth-order valence-corrected chi connectivity index (χ4v) is 2.10. The van der Waals surface area contributed by atoms with Crippen molar-refractivity contribution in [3.63, 3.8) is 0 Å². The predicted molar refractivity (Wildman–Crippen MR) is 47.2 cm³/mol. The molecule has 3 nitrogen and oxygen atoms in total. The van der Waals surface area contributed by atoms with Crippen molar-refractivity contribution in [3.8, 4) is 0 Å². The number of aryl methyl sites for hydroxylation is 1.